The van der Waals surface area contributed by atoms with Crippen LogP contribution in [0, 0.1) is 6.92 Å². The van der Waals surface area contributed by atoms with Crippen LogP contribution in [0.5, 0.6) is 0 Å². The number of nitrogens with one attached hydrogen (secondary N) is 1. The number of aryl methyl sites for hydroxylation is 1. The van der Waals surface area contributed by atoms with E-state index in [1.54, 1.807) is 11.3 Å². The molecule has 1 aliphatic carbocycles. The molecule has 1 saturated carbocycles. The molecule has 0 unspecified atom stereocenters. The van der Waals surface area contributed by atoms with E-state index >= 15 is 0 Å². The van der Waals surface area contributed by atoms with Gasteiger partial charge in [-0.05, 0) is 19.8 Å². The van der Waals surface area contributed by atoms with Gasteiger partial charge in [0.2, 0.25) is 5.91 Å². The number of aromatic nitrogens is 1. The zero-order valence-corrected chi connectivity index (χ0v) is 11.7. The minimum absolute atomic E-state index is 0.0484. The van der Waals surface area contributed by atoms with E-state index in [9.17, 15) is 4.79 Å². The van der Waals surface area contributed by atoms with Crippen molar-refractivity contribution in [1.82, 2.24) is 10.3 Å². The Morgan fingerprint density at radius 2 is 2.22 bits per heavy atom. The lowest BCUT2D eigenvalue weighted by molar-refractivity contribution is -0.122. The molecule has 0 radical (unpaired) electrons. The number of thiazole rings is 1. The summed E-state index contributed by atoms with van der Waals surface area (Å²) in [4.78, 5) is 17.3. The third-order valence-corrected chi connectivity index (χ3v) is 4.38. The molecule has 0 saturated heterocycles. The number of carbonyl (C=O) groups excluding carboxylic acids is 1. The summed E-state index contributed by atoms with van der Waals surface area (Å²) < 4.78 is 0. The highest BCUT2D eigenvalue weighted by atomic mass is 32.1. The summed E-state index contributed by atoms with van der Waals surface area (Å²) >= 11 is 1.62. The summed E-state index contributed by atoms with van der Waals surface area (Å²) in [7, 11) is 0. The summed E-state index contributed by atoms with van der Waals surface area (Å²) in [5.41, 5.74) is 5.98. The zero-order chi connectivity index (χ0) is 13.0. The molecule has 1 amide bonds. The fraction of sp³-hybridized carbons (Fsp3) is 0.692. The lowest BCUT2D eigenvalue weighted by Gasteiger charge is -2.32. The molecule has 2 rings (SSSR count). The molecular formula is C13H21N3OS. The van der Waals surface area contributed by atoms with Gasteiger partial charge in [-0.25, -0.2) is 4.98 Å². The second kappa shape index (κ2) is 5.80. The Bertz CT molecular complexity index is 410. The molecule has 1 aromatic heterocycles. The number of nitrogens with zero attached hydrogens (tertiary/aromatic N) is 1. The number of rotatable bonds is 4. The van der Waals surface area contributed by atoms with Gasteiger partial charge in [0, 0.05) is 23.0 Å². The van der Waals surface area contributed by atoms with Crippen molar-refractivity contribution in [2.24, 2.45) is 5.73 Å². The van der Waals surface area contributed by atoms with Crippen LogP contribution in [0.3, 0.4) is 0 Å². The van der Waals surface area contributed by atoms with Crippen LogP contribution in [0.2, 0.25) is 0 Å². The predicted octanol–water partition coefficient (Wildman–Crippen LogP) is 2.12. The molecule has 0 atom stereocenters. The molecule has 1 fully saturated rings. The Kier molecular flexibility index (Phi) is 4.35. The Morgan fingerprint density at radius 3 is 2.83 bits per heavy atom. The van der Waals surface area contributed by atoms with Gasteiger partial charge < -0.3 is 11.1 Å². The first-order chi connectivity index (χ1) is 8.57. The number of nitrogens with two attached hydrogens (primary N) is 1. The first kappa shape index (κ1) is 13.5. The third kappa shape index (κ3) is 3.78. The van der Waals surface area contributed by atoms with E-state index in [0.29, 0.717) is 13.0 Å². The molecule has 0 aromatic carbocycles. The van der Waals surface area contributed by atoms with E-state index in [1.165, 1.54) is 11.3 Å². The van der Waals surface area contributed by atoms with Crippen molar-refractivity contribution in [3.63, 3.8) is 0 Å². The van der Waals surface area contributed by atoms with Crippen LogP contribution in [0.4, 0.5) is 0 Å². The van der Waals surface area contributed by atoms with Crippen LogP contribution >= 0.6 is 11.3 Å². The van der Waals surface area contributed by atoms with Gasteiger partial charge in [-0.15, -0.1) is 11.3 Å². The van der Waals surface area contributed by atoms with E-state index in [2.05, 4.69) is 10.3 Å². The summed E-state index contributed by atoms with van der Waals surface area (Å²) in [6.45, 7) is 2.54. The molecule has 5 heteroatoms. The van der Waals surface area contributed by atoms with Gasteiger partial charge in [-0.3, -0.25) is 4.79 Å². The van der Waals surface area contributed by atoms with E-state index in [0.717, 1.165) is 30.7 Å². The van der Waals surface area contributed by atoms with Gasteiger partial charge in [0.25, 0.3) is 0 Å². The molecule has 3 N–H and O–H groups in total. The standard InChI is InChI=1S/C13H21N3OS/c1-10-8-16-12(18-10)9-15-11(17)7-13(14)5-3-2-4-6-13/h8H,2-7,9,14H2,1H3,(H,15,17). The van der Waals surface area contributed by atoms with E-state index in [4.69, 9.17) is 5.73 Å². The van der Waals surface area contributed by atoms with Crippen molar-refractivity contribution < 1.29 is 4.79 Å². The summed E-state index contributed by atoms with van der Waals surface area (Å²) in [5, 5.41) is 3.87. The molecule has 1 heterocycles. The maximum absolute atomic E-state index is 11.9. The zero-order valence-electron chi connectivity index (χ0n) is 10.9. The van der Waals surface area contributed by atoms with Crippen molar-refractivity contribution in [3.8, 4) is 0 Å². The summed E-state index contributed by atoms with van der Waals surface area (Å²) in [6, 6.07) is 0. The molecule has 0 bridgehead atoms. The van der Waals surface area contributed by atoms with Gasteiger partial charge in [0.05, 0.1) is 6.54 Å². The normalized spacial score (nSPS) is 18.6. The van der Waals surface area contributed by atoms with Crippen LogP contribution < -0.4 is 11.1 Å². The van der Waals surface area contributed by atoms with Gasteiger partial charge in [-0.1, -0.05) is 19.3 Å². The minimum atomic E-state index is -0.277. The van der Waals surface area contributed by atoms with Crippen LogP contribution in [-0.2, 0) is 11.3 Å². The fourth-order valence-electron chi connectivity index (χ4n) is 2.47. The predicted molar refractivity (Wildman–Crippen MR) is 73.3 cm³/mol. The van der Waals surface area contributed by atoms with Gasteiger partial charge in [0.15, 0.2) is 0 Å². The third-order valence-electron chi connectivity index (χ3n) is 3.47. The molecule has 4 nitrogen and oxygen atoms in total. The van der Waals surface area contributed by atoms with Crippen molar-refractivity contribution in [2.75, 3.05) is 0 Å². The monoisotopic (exact) mass is 267 g/mol. The van der Waals surface area contributed by atoms with Gasteiger partial charge in [0.1, 0.15) is 5.01 Å². The number of carbonyl (C=O) groups is 1. The minimum Gasteiger partial charge on any atom is -0.350 e. The van der Waals surface area contributed by atoms with Crippen molar-refractivity contribution in [2.45, 2.75) is 57.5 Å². The van der Waals surface area contributed by atoms with Crippen LogP contribution in [0.15, 0.2) is 6.20 Å². The smallest absolute Gasteiger partial charge is 0.222 e. The molecule has 100 valence electrons. The van der Waals surface area contributed by atoms with E-state index < -0.39 is 0 Å². The quantitative estimate of drug-likeness (QED) is 0.878. The highest BCUT2D eigenvalue weighted by Gasteiger charge is 2.29. The van der Waals surface area contributed by atoms with E-state index in [-0.39, 0.29) is 11.4 Å². The fourth-order valence-corrected chi connectivity index (χ4v) is 3.20. The van der Waals surface area contributed by atoms with Crippen molar-refractivity contribution >= 4 is 17.2 Å². The summed E-state index contributed by atoms with van der Waals surface area (Å²) in [5.74, 6) is 0.0484. The van der Waals surface area contributed by atoms with Gasteiger partial charge >= 0.3 is 0 Å². The average molecular weight is 267 g/mol. The Balaban J connectivity index is 1.78. The molecule has 0 aliphatic heterocycles. The van der Waals surface area contributed by atoms with Crippen LogP contribution in [0.25, 0.3) is 0 Å². The first-order valence-corrected chi connectivity index (χ1v) is 7.36. The van der Waals surface area contributed by atoms with Crippen molar-refractivity contribution in [3.05, 3.63) is 16.1 Å². The molecule has 0 spiro atoms. The summed E-state index contributed by atoms with van der Waals surface area (Å²) in [6.07, 6.45) is 7.76. The Labute approximate surface area is 112 Å². The Hall–Kier alpha value is -0.940. The number of amides is 1. The molecular weight excluding hydrogens is 246 g/mol. The Morgan fingerprint density at radius 1 is 1.50 bits per heavy atom. The highest BCUT2D eigenvalue weighted by molar-refractivity contribution is 7.11. The van der Waals surface area contributed by atoms with Crippen LogP contribution in [-0.4, -0.2) is 16.4 Å². The number of hydrogen-bond donors (Lipinski definition) is 2. The number of hydrogen-bond acceptors (Lipinski definition) is 4. The second-order valence-electron chi connectivity index (χ2n) is 5.24. The first-order valence-electron chi connectivity index (χ1n) is 6.54. The van der Waals surface area contributed by atoms with Gasteiger partial charge in [-0.2, -0.15) is 0 Å². The molecule has 1 aromatic rings. The second-order valence-corrected chi connectivity index (χ2v) is 6.56. The largest absolute Gasteiger partial charge is 0.350 e. The SMILES string of the molecule is Cc1cnc(CNC(=O)CC2(N)CCCCC2)s1. The van der Waals surface area contributed by atoms with Crippen molar-refractivity contribution in [1.29, 1.82) is 0 Å². The van der Waals surface area contributed by atoms with E-state index in [1.807, 2.05) is 13.1 Å². The lowest BCUT2D eigenvalue weighted by Crippen LogP contribution is -2.45. The highest BCUT2D eigenvalue weighted by Crippen LogP contribution is 2.28. The topological polar surface area (TPSA) is 68.0 Å². The molecule has 1 aliphatic rings. The maximum atomic E-state index is 11.9. The maximum Gasteiger partial charge on any atom is 0.222 e. The molecule has 18 heavy (non-hydrogen) atoms. The average Bonchev–Trinajstić information content (AvgIpc) is 2.73. The lowest BCUT2D eigenvalue weighted by atomic mass is 9.80. The van der Waals surface area contributed by atoms with Crippen LogP contribution in [0.1, 0.15) is 48.4 Å².